The summed E-state index contributed by atoms with van der Waals surface area (Å²) in [7, 11) is 0. The molecule has 0 saturated heterocycles. The van der Waals surface area contributed by atoms with Gasteiger partial charge in [0.25, 0.3) is 0 Å². The average Bonchev–Trinajstić information content (AvgIpc) is 3.50. The number of nitrogens with zero attached hydrogens (tertiary/aromatic N) is 4. The number of para-hydroxylation sites is 3. The van der Waals surface area contributed by atoms with Crippen LogP contribution in [0.3, 0.4) is 0 Å². The largest absolute Gasteiger partial charge is 0.509 e. The molecule has 0 spiro atoms. The van der Waals surface area contributed by atoms with Gasteiger partial charge >= 0.3 is 0 Å². The number of rotatable bonds is 5. The minimum absolute atomic E-state index is 0. The van der Waals surface area contributed by atoms with Crippen LogP contribution in [-0.2, 0) is 21.1 Å². The standard InChI is InChI=1S/C33H26N4O2.Pt/c1-22(2)36-30-13-6-7-14-31(30)37(39-36)24-9-8-10-25(20-24)38-26-15-16-28-27-11-4-5-12-29(27)35(32(28)21-26)33-19-23(3)17-18-34-33;/h4-19,22H,1-3H3;/q-2;/p+1. The Balaban J connectivity index is 0.00000289. The first-order valence-corrected chi connectivity index (χ1v) is 13.1. The zero-order valence-corrected chi connectivity index (χ0v) is 24.5. The van der Waals surface area contributed by atoms with Gasteiger partial charge in [-0.1, -0.05) is 35.8 Å². The van der Waals surface area contributed by atoms with Crippen LogP contribution >= 0.6 is 0 Å². The molecule has 4 aromatic carbocycles. The fraction of sp³-hybridized carbons (Fsp3) is 0.121. The van der Waals surface area contributed by atoms with Crippen molar-refractivity contribution in [2.75, 3.05) is 10.1 Å². The van der Waals surface area contributed by atoms with Crippen LogP contribution in [0, 0.1) is 19.1 Å². The van der Waals surface area contributed by atoms with E-state index >= 15 is 0 Å². The van der Waals surface area contributed by atoms with Crippen LogP contribution in [0.2, 0.25) is 0 Å². The molecule has 6 aromatic rings. The Labute approximate surface area is 247 Å². The molecule has 0 amide bonds. The molecule has 0 atom stereocenters. The van der Waals surface area contributed by atoms with Gasteiger partial charge in [0.05, 0.1) is 6.04 Å². The Morgan fingerprint density at radius 3 is 2.40 bits per heavy atom. The van der Waals surface area contributed by atoms with E-state index in [1.807, 2.05) is 64.9 Å². The summed E-state index contributed by atoms with van der Waals surface area (Å²) < 4.78 is 8.48. The summed E-state index contributed by atoms with van der Waals surface area (Å²) in [4.78, 5) is 9.52. The molecule has 7 heteroatoms. The van der Waals surface area contributed by atoms with E-state index in [2.05, 4.69) is 84.9 Å². The Bertz CT molecular complexity index is 1850. The van der Waals surface area contributed by atoms with Crippen LogP contribution in [0.4, 0.5) is 17.1 Å². The Hall–Kier alpha value is -4.12. The summed E-state index contributed by atoms with van der Waals surface area (Å²) in [6, 6.07) is 37.7. The number of hydroxylamine groups is 1. The molecule has 40 heavy (non-hydrogen) atoms. The number of aromatic nitrogens is 2. The molecule has 6 nitrogen and oxygen atoms in total. The van der Waals surface area contributed by atoms with Crippen LogP contribution in [0.1, 0.15) is 19.4 Å². The minimum Gasteiger partial charge on any atom is -0.509 e. The van der Waals surface area contributed by atoms with Gasteiger partial charge in [0.1, 0.15) is 17.2 Å². The quantitative estimate of drug-likeness (QED) is 0.134. The Morgan fingerprint density at radius 2 is 1.57 bits per heavy atom. The molecule has 3 heterocycles. The van der Waals surface area contributed by atoms with Crippen molar-refractivity contribution in [1.82, 2.24) is 9.55 Å². The number of hydrogen-bond donors (Lipinski definition) is 0. The summed E-state index contributed by atoms with van der Waals surface area (Å²) >= 11 is 0. The number of ether oxygens (including phenoxy) is 1. The van der Waals surface area contributed by atoms with Crippen LogP contribution in [0.15, 0.2) is 97.2 Å². The topological polar surface area (TPSA) is 46.3 Å². The molecule has 7 rings (SSSR count). The predicted molar refractivity (Wildman–Crippen MR) is 155 cm³/mol. The van der Waals surface area contributed by atoms with E-state index in [4.69, 9.17) is 9.68 Å². The SMILES string of the molecule is Cc1ccnc(-n2c3[c-]c(Oc4[c-]c(N5[OH+]N(C(C)C)c6ccccc65)ccc4)ccc3c3ccccc32)c1.[Pt]. The first-order chi connectivity index (χ1) is 19.1. The molecular weight excluding hydrogens is 679 g/mol. The predicted octanol–water partition coefficient (Wildman–Crippen LogP) is 8.08. The van der Waals surface area contributed by atoms with Crippen molar-refractivity contribution >= 4 is 38.9 Å². The molecule has 1 aliphatic rings. The van der Waals surface area contributed by atoms with Crippen molar-refractivity contribution in [1.29, 1.82) is 0 Å². The second-order valence-corrected chi connectivity index (χ2v) is 9.96. The number of pyridine rings is 1. The third kappa shape index (κ3) is 4.43. The van der Waals surface area contributed by atoms with Gasteiger partial charge in [-0.05, 0) is 62.1 Å². The van der Waals surface area contributed by atoms with Gasteiger partial charge in [-0.2, -0.15) is 17.1 Å². The Morgan fingerprint density at radius 1 is 0.800 bits per heavy atom. The van der Waals surface area contributed by atoms with Crippen molar-refractivity contribution in [3.63, 3.8) is 0 Å². The fourth-order valence-electron chi connectivity index (χ4n) is 5.14. The van der Waals surface area contributed by atoms with Crippen LogP contribution in [-0.4, -0.2) is 20.5 Å². The number of hydrogen-bond acceptors (Lipinski definition) is 4. The maximum atomic E-state index is 6.33. The Kier molecular flexibility index (Phi) is 6.83. The molecule has 0 unspecified atom stereocenters. The molecule has 0 bridgehead atoms. The molecule has 0 aliphatic carbocycles. The van der Waals surface area contributed by atoms with Gasteiger partial charge in [0.2, 0.25) is 0 Å². The smallest absolute Gasteiger partial charge is 0.145 e. The summed E-state index contributed by atoms with van der Waals surface area (Å²) in [5, 5.41) is 6.18. The number of anilines is 3. The number of aryl methyl sites for hydroxylation is 1. The maximum Gasteiger partial charge on any atom is 0.145 e. The minimum atomic E-state index is 0. The molecule has 1 N–H and O–H groups in total. The third-order valence-electron chi connectivity index (χ3n) is 6.92. The van der Waals surface area contributed by atoms with Crippen molar-refractivity contribution in [2.24, 2.45) is 0 Å². The van der Waals surface area contributed by atoms with Gasteiger partial charge in [-0.25, -0.2) is 4.98 Å². The summed E-state index contributed by atoms with van der Waals surface area (Å²) in [5.74, 6) is 2.05. The van der Waals surface area contributed by atoms with Gasteiger partial charge in [0, 0.05) is 50.0 Å². The monoisotopic (exact) mass is 706 g/mol. The van der Waals surface area contributed by atoms with E-state index in [0.29, 0.717) is 11.5 Å². The first-order valence-electron chi connectivity index (χ1n) is 13.1. The zero-order valence-electron chi connectivity index (χ0n) is 22.3. The van der Waals surface area contributed by atoms with Gasteiger partial charge in [-0.3, -0.25) is 0 Å². The molecule has 0 saturated carbocycles. The van der Waals surface area contributed by atoms with E-state index in [9.17, 15) is 0 Å². The summed E-state index contributed by atoms with van der Waals surface area (Å²) in [6.45, 7) is 6.33. The number of fused-ring (bicyclic) bond motifs is 4. The first kappa shape index (κ1) is 26.1. The second-order valence-electron chi connectivity index (χ2n) is 9.96. The van der Waals surface area contributed by atoms with Gasteiger partial charge in [-0.15, -0.1) is 45.8 Å². The molecule has 202 valence electrons. The summed E-state index contributed by atoms with van der Waals surface area (Å²) in [6.07, 6.45) is 1.84. The second kappa shape index (κ2) is 10.5. The van der Waals surface area contributed by atoms with Crippen molar-refractivity contribution < 1.29 is 30.7 Å². The average molecular weight is 707 g/mol. The third-order valence-corrected chi connectivity index (χ3v) is 6.92. The molecule has 1 aliphatic heterocycles. The van der Waals surface area contributed by atoms with E-state index in [-0.39, 0.29) is 27.1 Å². The van der Waals surface area contributed by atoms with Crippen LogP contribution in [0.25, 0.3) is 27.6 Å². The van der Waals surface area contributed by atoms with Gasteiger partial charge < -0.3 is 9.30 Å². The maximum absolute atomic E-state index is 6.33. The van der Waals surface area contributed by atoms with Crippen LogP contribution in [0.5, 0.6) is 11.5 Å². The normalized spacial score (nSPS) is 12.7. The van der Waals surface area contributed by atoms with E-state index in [0.717, 1.165) is 50.2 Å². The zero-order chi connectivity index (χ0) is 26.5. The molecular formula is C33H27N4O2Pt-. The molecule has 0 radical (unpaired) electrons. The van der Waals surface area contributed by atoms with Gasteiger partial charge in [0.15, 0.2) is 0 Å². The fourth-order valence-corrected chi connectivity index (χ4v) is 5.14. The van der Waals surface area contributed by atoms with Crippen molar-refractivity contribution in [3.8, 4) is 17.3 Å². The summed E-state index contributed by atoms with van der Waals surface area (Å²) in [5.41, 5.74) is 6.04. The molecule has 2 aromatic heterocycles. The van der Waals surface area contributed by atoms with Crippen LogP contribution < -0.4 is 14.9 Å². The molecule has 0 fully saturated rings. The number of benzene rings is 4. The van der Waals surface area contributed by atoms with E-state index in [1.165, 1.54) is 0 Å². The van der Waals surface area contributed by atoms with Crippen molar-refractivity contribution in [3.05, 3.63) is 115 Å². The van der Waals surface area contributed by atoms with Crippen molar-refractivity contribution in [2.45, 2.75) is 26.8 Å². The van der Waals surface area contributed by atoms with E-state index in [1.54, 1.807) is 0 Å². The van der Waals surface area contributed by atoms with E-state index < -0.39 is 0 Å².